The highest BCUT2D eigenvalue weighted by molar-refractivity contribution is 5.47. The average molecular weight is 99.1 g/mol. The van der Waals surface area contributed by atoms with E-state index in [1.807, 2.05) is 0 Å². The zero-order valence-corrected chi connectivity index (χ0v) is 3.46. The maximum absolute atomic E-state index is 9.61. The lowest BCUT2D eigenvalue weighted by Gasteiger charge is -1.92. The van der Waals surface area contributed by atoms with Crippen molar-refractivity contribution >= 4 is 6.41 Å². The van der Waals surface area contributed by atoms with Gasteiger partial charge in [-0.15, -0.1) is 0 Å². The van der Waals surface area contributed by atoms with E-state index in [1.165, 1.54) is 6.41 Å². The molecule has 1 heterocycles. The van der Waals surface area contributed by atoms with Gasteiger partial charge in [-0.1, -0.05) is 5.22 Å². The van der Waals surface area contributed by atoms with Crippen LogP contribution in [0.3, 0.4) is 0 Å². The molecule has 0 fully saturated rings. The van der Waals surface area contributed by atoms with Gasteiger partial charge in [0.25, 0.3) is 0 Å². The van der Waals surface area contributed by atoms with Crippen molar-refractivity contribution in [3.8, 4) is 0 Å². The van der Waals surface area contributed by atoms with Gasteiger partial charge in [0.1, 0.15) is 6.67 Å². The lowest BCUT2D eigenvalue weighted by molar-refractivity contribution is 0.415. The molecule has 1 radical (unpaired) electrons. The van der Waals surface area contributed by atoms with Crippen LogP contribution in [0.4, 0.5) is 0 Å². The highest BCUT2D eigenvalue weighted by Gasteiger charge is 2.02. The van der Waals surface area contributed by atoms with Crippen LogP contribution < -0.4 is 5.43 Å². The molecule has 0 aromatic carbocycles. The molecule has 5 nitrogen and oxygen atoms in total. The first-order valence-corrected chi connectivity index (χ1v) is 1.72. The number of amides is 1. The number of hydrogen-bond acceptors (Lipinski definition) is 4. The standard InChI is InChI=1S/C2H3N4O/c7-2-6-1-3-4-5-6/h1H2,(H,3,5). The summed E-state index contributed by atoms with van der Waals surface area (Å²) in [4.78, 5) is 9.61. The molecule has 0 aromatic rings. The maximum atomic E-state index is 9.61. The topological polar surface area (TPSA) is 57.1 Å². The number of carbonyl (C=O) groups excluding carboxylic acids is 1. The van der Waals surface area contributed by atoms with E-state index in [0.29, 0.717) is 6.67 Å². The lowest BCUT2D eigenvalue weighted by atomic mass is 11.0. The molecule has 0 aliphatic carbocycles. The molecule has 37 valence electrons. The van der Waals surface area contributed by atoms with Gasteiger partial charge in [0.2, 0.25) is 0 Å². The Morgan fingerprint density at radius 1 is 1.86 bits per heavy atom. The van der Waals surface area contributed by atoms with E-state index in [0.717, 1.165) is 5.01 Å². The van der Waals surface area contributed by atoms with Crippen molar-refractivity contribution in [3.05, 3.63) is 0 Å². The van der Waals surface area contributed by atoms with E-state index in [9.17, 15) is 4.79 Å². The van der Waals surface area contributed by atoms with E-state index >= 15 is 0 Å². The summed E-state index contributed by atoms with van der Waals surface area (Å²) >= 11 is 0. The Kier molecular flexibility index (Phi) is 0.892. The largest absolute Gasteiger partial charge is 0.337 e. The number of hydrogen-bond donors (Lipinski definition) is 1. The maximum Gasteiger partial charge on any atom is 0.337 e. The van der Waals surface area contributed by atoms with Crippen LogP contribution in [-0.4, -0.2) is 18.1 Å². The van der Waals surface area contributed by atoms with Crippen molar-refractivity contribution in [1.82, 2.24) is 10.4 Å². The minimum Gasteiger partial charge on any atom is -0.268 e. The van der Waals surface area contributed by atoms with Crippen LogP contribution in [0.1, 0.15) is 0 Å². The van der Waals surface area contributed by atoms with Gasteiger partial charge in [0.15, 0.2) is 0 Å². The lowest BCUT2D eigenvalue weighted by Crippen LogP contribution is -2.17. The summed E-state index contributed by atoms with van der Waals surface area (Å²) in [5.41, 5.74) is 2.44. The van der Waals surface area contributed by atoms with E-state index in [4.69, 9.17) is 0 Å². The predicted molar refractivity (Wildman–Crippen MR) is 20.4 cm³/mol. The van der Waals surface area contributed by atoms with Gasteiger partial charge >= 0.3 is 6.41 Å². The molecule has 0 spiro atoms. The van der Waals surface area contributed by atoms with Crippen molar-refractivity contribution < 1.29 is 4.79 Å². The van der Waals surface area contributed by atoms with Gasteiger partial charge in [-0.2, -0.15) is 5.01 Å². The Morgan fingerprint density at radius 3 is 3.00 bits per heavy atom. The van der Waals surface area contributed by atoms with Crippen molar-refractivity contribution in [3.63, 3.8) is 0 Å². The third-order valence-corrected chi connectivity index (χ3v) is 0.549. The fourth-order valence-electron chi connectivity index (χ4n) is 0.266. The Bertz CT molecular complexity index is 99.9. The normalized spacial score (nSPS) is 16.9. The van der Waals surface area contributed by atoms with E-state index in [1.54, 1.807) is 0 Å². The minimum atomic E-state index is 0.337. The monoisotopic (exact) mass is 99.0 g/mol. The molecule has 1 amide bonds. The third kappa shape index (κ3) is 0.648. The number of rotatable bonds is 1. The Labute approximate surface area is 40.0 Å². The molecule has 7 heavy (non-hydrogen) atoms. The number of nitrogens with zero attached hydrogens (tertiary/aromatic N) is 3. The molecule has 1 N–H and O–H groups in total. The van der Waals surface area contributed by atoms with Crippen molar-refractivity contribution in [2.45, 2.75) is 0 Å². The average Bonchev–Trinajstić information content (AvgIpc) is 2.14. The first-order chi connectivity index (χ1) is 3.43. The second kappa shape index (κ2) is 1.55. The summed E-state index contributed by atoms with van der Waals surface area (Å²) in [6.07, 6.45) is 1.52. The van der Waals surface area contributed by atoms with Crippen LogP contribution in [-0.2, 0) is 4.79 Å². The molecule has 0 unspecified atom stereocenters. The number of nitrogens with one attached hydrogen (secondary N) is 1. The summed E-state index contributed by atoms with van der Waals surface area (Å²) in [5, 5.41) is 7.58. The highest BCUT2D eigenvalue weighted by atomic mass is 16.1. The van der Waals surface area contributed by atoms with Crippen molar-refractivity contribution in [2.24, 2.45) is 10.4 Å². The summed E-state index contributed by atoms with van der Waals surface area (Å²) in [6.45, 7) is 0.337. The van der Waals surface area contributed by atoms with Crippen molar-refractivity contribution in [2.75, 3.05) is 6.67 Å². The van der Waals surface area contributed by atoms with Gasteiger partial charge in [0, 0.05) is 0 Å². The third-order valence-electron chi connectivity index (χ3n) is 0.549. The molecule has 5 heteroatoms. The molecule has 1 aliphatic heterocycles. The second-order valence-electron chi connectivity index (χ2n) is 0.996. The second-order valence-corrected chi connectivity index (χ2v) is 0.996. The summed E-state index contributed by atoms with van der Waals surface area (Å²) < 4.78 is 0. The Balaban J connectivity index is 2.42. The fourth-order valence-corrected chi connectivity index (χ4v) is 0.266. The van der Waals surface area contributed by atoms with Crippen molar-refractivity contribution in [1.29, 1.82) is 0 Å². The van der Waals surface area contributed by atoms with E-state index in [2.05, 4.69) is 15.9 Å². The molecule has 1 aliphatic rings. The molecular formula is C2H3N4O. The summed E-state index contributed by atoms with van der Waals surface area (Å²) in [6, 6.07) is 0. The van der Waals surface area contributed by atoms with Gasteiger partial charge < -0.3 is 0 Å². The molecular weight excluding hydrogens is 96.0 g/mol. The molecule has 0 bridgehead atoms. The minimum absolute atomic E-state index is 0.337. The quantitative estimate of drug-likeness (QED) is 0.467. The SMILES string of the molecule is O=[C]N1CNN=N1. The Morgan fingerprint density at radius 2 is 2.71 bits per heavy atom. The smallest absolute Gasteiger partial charge is 0.268 e. The van der Waals surface area contributed by atoms with E-state index < -0.39 is 0 Å². The van der Waals surface area contributed by atoms with Crippen LogP contribution in [0.2, 0.25) is 0 Å². The molecule has 0 aromatic heterocycles. The predicted octanol–water partition coefficient (Wildman–Crippen LogP) is -0.802. The highest BCUT2D eigenvalue weighted by Crippen LogP contribution is 1.87. The zero-order chi connectivity index (χ0) is 5.11. The van der Waals surface area contributed by atoms with Gasteiger partial charge in [-0.05, 0) is 5.22 Å². The molecule has 0 atom stereocenters. The van der Waals surface area contributed by atoms with E-state index in [-0.39, 0.29) is 0 Å². The Hall–Kier alpha value is -1.13. The summed E-state index contributed by atoms with van der Waals surface area (Å²) in [5.74, 6) is 0. The first-order valence-electron chi connectivity index (χ1n) is 1.72. The van der Waals surface area contributed by atoms with Gasteiger partial charge in [-0.3, -0.25) is 10.2 Å². The fraction of sp³-hybridized carbons (Fsp3) is 0.500. The van der Waals surface area contributed by atoms with Crippen LogP contribution in [0.5, 0.6) is 0 Å². The van der Waals surface area contributed by atoms with Crippen LogP contribution in [0.25, 0.3) is 0 Å². The molecule has 0 saturated heterocycles. The van der Waals surface area contributed by atoms with Crippen LogP contribution in [0.15, 0.2) is 10.4 Å². The van der Waals surface area contributed by atoms with Crippen LogP contribution >= 0.6 is 0 Å². The van der Waals surface area contributed by atoms with Gasteiger partial charge in [-0.25, -0.2) is 0 Å². The van der Waals surface area contributed by atoms with Gasteiger partial charge in [0.05, 0.1) is 0 Å². The first kappa shape index (κ1) is 4.04. The molecule has 0 saturated carbocycles. The zero-order valence-electron chi connectivity index (χ0n) is 3.46. The molecule has 1 rings (SSSR count). The summed E-state index contributed by atoms with van der Waals surface area (Å²) in [7, 11) is 0. The van der Waals surface area contributed by atoms with Crippen LogP contribution in [0, 0.1) is 0 Å².